The minimum atomic E-state index is -2.50. The number of quaternary nitrogens is 2. The van der Waals surface area contributed by atoms with E-state index in [-0.39, 0.29) is 12.3 Å². The molecule has 0 bridgehead atoms. The van der Waals surface area contributed by atoms with E-state index in [1.807, 2.05) is 0 Å². The second kappa shape index (κ2) is 7.92. The second-order valence-electron chi connectivity index (χ2n) is 2.51. The predicted octanol–water partition coefficient (Wildman–Crippen LogP) is -5.32. The zero-order chi connectivity index (χ0) is 11.5. The number of aliphatic carboxylic acids is 2. The van der Waals surface area contributed by atoms with Gasteiger partial charge >= 0.3 is 0 Å². The zero-order valence-electron chi connectivity index (χ0n) is 8.73. The first-order valence-electron chi connectivity index (χ1n) is 3.43. The first kappa shape index (κ1) is 20.2. The number of aliphatic hydroxyl groups excluding tert-OH is 4. The Morgan fingerprint density at radius 1 is 0.750 bits per heavy atom. The summed E-state index contributed by atoms with van der Waals surface area (Å²) in [6.07, 6.45) is -9.76. The summed E-state index contributed by atoms with van der Waals surface area (Å²) in [5.74, 6) is -4.22. The third kappa shape index (κ3) is 4.97. The fraction of sp³-hybridized carbons (Fsp3) is 0.667. The number of carboxylic acids is 2. The lowest BCUT2D eigenvalue weighted by Gasteiger charge is -2.27. The van der Waals surface area contributed by atoms with Crippen LogP contribution in [0.1, 0.15) is 0 Å². The van der Waals surface area contributed by atoms with Crippen LogP contribution in [0.25, 0.3) is 0 Å². The SMILES string of the molecule is O=C([O-])[C@@H](O)[C@@H](O)[C@@H](O)[C@@H](O)C(=O)[O-].[NH4+].[NH4+]. The summed E-state index contributed by atoms with van der Waals surface area (Å²) in [5, 5.41) is 54.7. The van der Waals surface area contributed by atoms with E-state index < -0.39 is 36.4 Å². The highest BCUT2D eigenvalue weighted by Gasteiger charge is 2.31. The lowest BCUT2D eigenvalue weighted by molar-refractivity contribution is -0.327. The highest BCUT2D eigenvalue weighted by molar-refractivity contribution is 5.72. The molecule has 98 valence electrons. The molecule has 10 nitrogen and oxygen atoms in total. The van der Waals surface area contributed by atoms with Gasteiger partial charge in [0.1, 0.15) is 24.4 Å². The average Bonchev–Trinajstić information content (AvgIpc) is 2.12. The fourth-order valence-corrected chi connectivity index (χ4v) is 0.652. The maximum absolute atomic E-state index is 9.96. The highest BCUT2D eigenvalue weighted by Crippen LogP contribution is 2.04. The lowest BCUT2D eigenvalue weighted by Crippen LogP contribution is -2.55. The molecule has 0 aromatic heterocycles. The third-order valence-electron chi connectivity index (χ3n) is 1.48. The van der Waals surface area contributed by atoms with Crippen molar-refractivity contribution in [2.24, 2.45) is 0 Å². The Labute approximate surface area is 89.9 Å². The summed E-state index contributed by atoms with van der Waals surface area (Å²) in [6.45, 7) is 0. The number of aliphatic hydroxyl groups is 4. The van der Waals surface area contributed by atoms with Crippen molar-refractivity contribution in [2.45, 2.75) is 24.4 Å². The Bertz CT molecular complexity index is 211. The number of carboxylic acid groups (broad SMARTS) is 2. The van der Waals surface area contributed by atoms with Gasteiger partial charge in [0.15, 0.2) is 0 Å². The van der Waals surface area contributed by atoms with E-state index in [4.69, 9.17) is 20.4 Å². The number of rotatable bonds is 5. The molecular weight excluding hydrogens is 228 g/mol. The second-order valence-corrected chi connectivity index (χ2v) is 2.51. The van der Waals surface area contributed by atoms with Crippen LogP contribution in [0.4, 0.5) is 0 Å². The first-order chi connectivity index (χ1) is 6.29. The van der Waals surface area contributed by atoms with Crippen molar-refractivity contribution in [3.8, 4) is 0 Å². The Hall–Kier alpha value is -1.30. The van der Waals surface area contributed by atoms with Gasteiger partial charge in [0.2, 0.25) is 0 Å². The van der Waals surface area contributed by atoms with Gasteiger partial charge in [0.25, 0.3) is 0 Å². The van der Waals surface area contributed by atoms with E-state index in [1.54, 1.807) is 0 Å². The summed E-state index contributed by atoms with van der Waals surface area (Å²) in [6, 6.07) is 0. The predicted molar refractivity (Wildman–Crippen MR) is 46.0 cm³/mol. The van der Waals surface area contributed by atoms with Crippen LogP contribution in [0, 0.1) is 0 Å². The maximum atomic E-state index is 9.96. The van der Waals surface area contributed by atoms with Gasteiger partial charge in [-0.1, -0.05) is 0 Å². The quantitative estimate of drug-likeness (QED) is 0.272. The van der Waals surface area contributed by atoms with Crippen molar-refractivity contribution >= 4 is 11.9 Å². The van der Waals surface area contributed by atoms with E-state index in [9.17, 15) is 19.8 Å². The van der Waals surface area contributed by atoms with E-state index >= 15 is 0 Å². The molecule has 16 heavy (non-hydrogen) atoms. The molecule has 0 aromatic rings. The van der Waals surface area contributed by atoms with Crippen LogP contribution in [0.5, 0.6) is 0 Å². The summed E-state index contributed by atoms with van der Waals surface area (Å²) < 4.78 is 0. The summed E-state index contributed by atoms with van der Waals surface area (Å²) in [7, 11) is 0. The van der Waals surface area contributed by atoms with Gasteiger partial charge in [-0.15, -0.1) is 0 Å². The van der Waals surface area contributed by atoms with Gasteiger partial charge in [0, 0.05) is 0 Å². The molecule has 0 heterocycles. The molecule has 12 N–H and O–H groups in total. The fourth-order valence-electron chi connectivity index (χ4n) is 0.652. The van der Waals surface area contributed by atoms with Crippen molar-refractivity contribution in [1.82, 2.24) is 12.3 Å². The van der Waals surface area contributed by atoms with Crippen molar-refractivity contribution < 1.29 is 40.2 Å². The minimum Gasteiger partial charge on any atom is -0.547 e. The largest absolute Gasteiger partial charge is 0.547 e. The zero-order valence-corrected chi connectivity index (χ0v) is 8.73. The molecule has 0 saturated heterocycles. The molecular formula is C6H16N2O8. The number of carbonyl (C=O) groups is 2. The summed E-state index contributed by atoms with van der Waals surface area (Å²) in [4.78, 5) is 19.9. The maximum Gasteiger partial charge on any atom is 0.122 e. The molecule has 0 aliphatic heterocycles. The third-order valence-corrected chi connectivity index (χ3v) is 1.48. The molecule has 0 radical (unpaired) electrons. The van der Waals surface area contributed by atoms with Crippen LogP contribution in [0.15, 0.2) is 0 Å². The topological polar surface area (TPSA) is 234 Å². The van der Waals surface area contributed by atoms with E-state index in [1.165, 1.54) is 0 Å². The number of carbonyl (C=O) groups excluding carboxylic acids is 2. The number of hydrogen-bond donors (Lipinski definition) is 6. The van der Waals surface area contributed by atoms with Gasteiger partial charge in [-0.05, 0) is 0 Å². The van der Waals surface area contributed by atoms with Crippen LogP contribution in [0.2, 0.25) is 0 Å². The molecule has 0 spiro atoms. The van der Waals surface area contributed by atoms with Crippen molar-refractivity contribution in [2.75, 3.05) is 0 Å². The van der Waals surface area contributed by atoms with Crippen molar-refractivity contribution in [1.29, 1.82) is 0 Å². The molecule has 0 aromatic carbocycles. The molecule has 0 fully saturated rings. The minimum absolute atomic E-state index is 0. The number of hydrogen-bond acceptors (Lipinski definition) is 8. The average molecular weight is 244 g/mol. The Morgan fingerprint density at radius 2 is 0.938 bits per heavy atom. The summed E-state index contributed by atoms with van der Waals surface area (Å²) >= 11 is 0. The Kier molecular flexibility index (Phi) is 9.98. The van der Waals surface area contributed by atoms with Crippen LogP contribution < -0.4 is 22.5 Å². The standard InChI is InChI=1S/C6H10O8.2H3N/c7-1(3(9)5(11)12)2(8)4(10)6(13)14;;/h1-4,7-10H,(H,11,12)(H,13,14);2*1H3/t1-,2+,3-,4+;;. The lowest BCUT2D eigenvalue weighted by atomic mass is 10.0. The molecule has 0 rings (SSSR count). The van der Waals surface area contributed by atoms with E-state index in [0.717, 1.165) is 0 Å². The van der Waals surface area contributed by atoms with E-state index in [0.29, 0.717) is 0 Å². The first-order valence-corrected chi connectivity index (χ1v) is 3.43. The smallest absolute Gasteiger partial charge is 0.122 e. The van der Waals surface area contributed by atoms with Crippen molar-refractivity contribution in [3.05, 3.63) is 0 Å². The van der Waals surface area contributed by atoms with Crippen LogP contribution in [-0.4, -0.2) is 56.8 Å². The highest BCUT2D eigenvalue weighted by atomic mass is 16.4. The van der Waals surface area contributed by atoms with Crippen LogP contribution in [-0.2, 0) is 9.59 Å². The molecule has 10 heteroatoms. The molecule has 0 aliphatic carbocycles. The van der Waals surface area contributed by atoms with Gasteiger partial charge in [0.05, 0.1) is 11.9 Å². The van der Waals surface area contributed by atoms with Gasteiger partial charge in [-0.2, -0.15) is 0 Å². The Morgan fingerprint density at radius 3 is 1.06 bits per heavy atom. The monoisotopic (exact) mass is 244 g/mol. The molecule has 4 atom stereocenters. The van der Waals surface area contributed by atoms with Crippen LogP contribution in [0.3, 0.4) is 0 Å². The van der Waals surface area contributed by atoms with Crippen LogP contribution >= 0.6 is 0 Å². The molecule has 0 amide bonds. The normalized spacial score (nSPS) is 17.0. The molecule has 0 saturated carbocycles. The van der Waals surface area contributed by atoms with Crippen molar-refractivity contribution in [3.63, 3.8) is 0 Å². The molecule has 0 unspecified atom stereocenters. The molecule has 0 aliphatic rings. The van der Waals surface area contributed by atoms with Gasteiger partial charge < -0.3 is 52.5 Å². The van der Waals surface area contributed by atoms with Gasteiger partial charge in [-0.3, -0.25) is 0 Å². The Balaban J connectivity index is -0.000000845. The summed E-state index contributed by atoms with van der Waals surface area (Å²) in [5.41, 5.74) is 0. The van der Waals surface area contributed by atoms with E-state index in [2.05, 4.69) is 0 Å². The van der Waals surface area contributed by atoms with Gasteiger partial charge in [-0.25, -0.2) is 0 Å².